The van der Waals surface area contributed by atoms with E-state index in [0.29, 0.717) is 6.04 Å². The van der Waals surface area contributed by atoms with Crippen LogP contribution in [0.1, 0.15) is 19.8 Å². The lowest BCUT2D eigenvalue weighted by molar-refractivity contribution is 0.444. The maximum atomic E-state index is 7.74. The van der Waals surface area contributed by atoms with Gasteiger partial charge in [-0.2, -0.15) is 0 Å². The van der Waals surface area contributed by atoms with Crippen LogP contribution in [0, 0.1) is 10.7 Å². The molecule has 0 radical (unpaired) electrons. The lowest BCUT2D eigenvalue weighted by Gasteiger charge is -2.15. The first kappa shape index (κ1) is 12.0. The summed E-state index contributed by atoms with van der Waals surface area (Å²) in [6, 6.07) is 0.692. The van der Waals surface area contributed by atoms with Gasteiger partial charge in [-0.05, 0) is 43.3 Å². The SMILES string of the molecule is C[C@@H]1CCN[C@@H]1CCNCC1=CC=CS1=N. The first-order valence-corrected chi connectivity index (χ1v) is 7.32. The molecule has 0 amide bonds. The maximum absolute atomic E-state index is 7.74. The van der Waals surface area contributed by atoms with E-state index in [2.05, 4.69) is 23.6 Å². The highest BCUT2D eigenvalue weighted by molar-refractivity contribution is 7.93. The lowest BCUT2D eigenvalue weighted by Crippen LogP contribution is -2.31. The zero-order chi connectivity index (χ0) is 11.4. The highest BCUT2D eigenvalue weighted by atomic mass is 32.2. The summed E-state index contributed by atoms with van der Waals surface area (Å²) in [5.41, 5.74) is 0. The normalized spacial score (nSPS) is 33.3. The third kappa shape index (κ3) is 3.03. The molecule has 3 N–H and O–H groups in total. The summed E-state index contributed by atoms with van der Waals surface area (Å²) >= 11 is 0. The molecule has 0 aromatic rings. The molecule has 16 heavy (non-hydrogen) atoms. The molecule has 0 bridgehead atoms. The smallest absolute Gasteiger partial charge is 0.0277 e. The van der Waals surface area contributed by atoms with E-state index in [1.54, 1.807) is 0 Å². The van der Waals surface area contributed by atoms with E-state index in [1.165, 1.54) is 24.3 Å². The lowest BCUT2D eigenvalue weighted by atomic mass is 10.0. The fourth-order valence-corrected chi connectivity index (χ4v) is 3.17. The monoisotopic (exact) mass is 239 g/mol. The summed E-state index contributed by atoms with van der Waals surface area (Å²) in [5.74, 6) is 0.819. The molecule has 2 aliphatic heterocycles. The Morgan fingerprint density at radius 2 is 2.50 bits per heavy atom. The Hall–Kier alpha value is -0.450. The second-order valence-electron chi connectivity index (χ2n) is 4.59. The van der Waals surface area contributed by atoms with Crippen LogP contribution in [0.5, 0.6) is 0 Å². The Labute approximate surface area is 100 Å². The maximum Gasteiger partial charge on any atom is 0.0277 e. The minimum atomic E-state index is -0.371. The zero-order valence-corrected chi connectivity index (χ0v) is 10.6. The molecule has 3 atom stereocenters. The van der Waals surface area contributed by atoms with Crippen molar-refractivity contribution in [1.82, 2.24) is 10.6 Å². The fourth-order valence-electron chi connectivity index (χ4n) is 2.28. The average molecular weight is 239 g/mol. The molecule has 0 aliphatic carbocycles. The standard InChI is InChI=1S/C12H21N3S/c1-10-4-7-15-12(10)5-6-14-9-11-3-2-8-16(11)13/h2-3,8,10,12-15H,4-7,9H2,1H3/t10-,12-,16?/m1/s1. The molecule has 4 heteroatoms. The van der Waals surface area contributed by atoms with E-state index in [-0.39, 0.29) is 10.7 Å². The first-order valence-electron chi connectivity index (χ1n) is 6.03. The Morgan fingerprint density at radius 1 is 1.62 bits per heavy atom. The van der Waals surface area contributed by atoms with Crippen molar-refractivity contribution in [2.24, 2.45) is 5.92 Å². The van der Waals surface area contributed by atoms with Crippen LogP contribution in [0.15, 0.2) is 22.5 Å². The van der Waals surface area contributed by atoms with Crippen molar-refractivity contribution in [2.45, 2.75) is 25.8 Å². The van der Waals surface area contributed by atoms with Gasteiger partial charge in [-0.25, -0.2) is 0 Å². The molecule has 2 aliphatic rings. The van der Waals surface area contributed by atoms with Crippen LogP contribution >= 0.6 is 0 Å². The molecule has 0 saturated carbocycles. The van der Waals surface area contributed by atoms with Crippen LogP contribution < -0.4 is 10.6 Å². The van der Waals surface area contributed by atoms with E-state index >= 15 is 0 Å². The van der Waals surface area contributed by atoms with E-state index in [9.17, 15) is 0 Å². The molecule has 90 valence electrons. The minimum absolute atomic E-state index is 0.371. The van der Waals surface area contributed by atoms with Crippen LogP contribution in [0.3, 0.4) is 0 Å². The molecular weight excluding hydrogens is 218 g/mol. The van der Waals surface area contributed by atoms with Gasteiger partial charge < -0.3 is 10.6 Å². The van der Waals surface area contributed by atoms with Gasteiger partial charge in [-0.3, -0.25) is 4.78 Å². The molecule has 2 rings (SSSR count). The van der Waals surface area contributed by atoms with Crippen molar-refractivity contribution in [3.05, 3.63) is 22.5 Å². The molecule has 0 aromatic carbocycles. The van der Waals surface area contributed by atoms with Crippen LogP contribution in [-0.4, -0.2) is 25.7 Å². The molecular formula is C12H21N3S. The number of hydrogen-bond donors (Lipinski definition) is 3. The average Bonchev–Trinajstić information content (AvgIpc) is 2.84. The Kier molecular flexibility index (Phi) is 4.32. The van der Waals surface area contributed by atoms with Gasteiger partial charge in [0.25, 0.3) is 0 Å². The summed E-state index contributed by atoms with van der Waals surface area (Å²) < 4.78 is 7.74. The Bertz CT molecular complexity index is 322. The number of nitrogens with one attached hydrogen (secondary N) is 3. The van der Waals surface area contributed by atoms with Crippen LogP contribution in [0.25, 0.3) is 0 Å². The van der Waals surface area contributed by atoms with Crippen LogP contribution in [0.2, 0.25) is 0 Å². The fraction of sp³-hybridized carbons (Fsp3) is 0.667. The van der Waals surface area contributed by atoms with Crippen molar-refractivity contribution in [1.29, 1.82) is 4.78 Å². The molecule has 3 nitrogen and oxygen atoms in total. The Morgan fingerprint density at radius 3 is 3.12 bits per heavy atom. The van der Waals surface area contributed by atoms with Crippen LogP contribution in [-0.2, 0) is 10.7 Å². The molecule has 0 aromatic heterocycles. The van der Waals surface area contributed by atoms with E-state index in [4.69, 9.17) is 4.78 Å². The third-order valence-electron chi connectivity index (χ3n) is 3.40. The predicted molar refractivity (Wildman–Crippen MR) is 70.4 cm³/mol. The molecule has 1 fully saturated rings. The third-order valence-corrected chi connectivity index (χ3v) is 4.68. The second-order valence-corrected chi connectivity index (χ2v) is 6.06. The number of allylic oxidation sites excluding steroid dienone is 2. The summed E-state index contributed by atoms with van der Waals surface area (Å²) in [5, 5.41) is 8.94. The molecule has 2 heterocycles. The highest BCUT2D eigenvalue weighted by Crippen LogP contribution is 2.16. The topological polar surface area (TPSA) is 47.9 Å². The number of rotatable bonds is 5. The van der Waals surface area contributed by atoms with Gasteiger partial charge in [0.1, 0.15) is 0 Å². The molecule has 0 spiro atoms. The first-order chi connectivity index (χ1) is 7.77. The van der Waals surface area contributed by atoms with Crippen molar-refractivity contribution < 1.29 is 0 Å². The summed E-state index contributed by atoms with van der Waals surface area (Å²) in [6.45, 7) is 5.43. The van der Waals surface area contributed by atoms with Gasteiger partial charge in [0.2, 0.25) is 0 Å². The largest absolute Gasteiger partial charge is 0.314 e. The summed E-state index contributed by atoms with van der Waals surface area (Å²) in [6.07, 6.45) is 6.58. The Balaban J connectivity index is 1.60. The van der Waals surface area contributed by atoms with Gasteiger partial charge >= 0.3 is 0 Å². The van der Waals surface area contributed by atoms with Crippen molar-refractivity contribution in [2.75, 3.05) is 19.6 Å². The van der Waals surface area contributed by atoms with Crippen LogP contribution in [0.4, 0.5) is 0 Å². The van der Waals surface area contributed by atoms with E-state index in [1.807, 2.05) is 11.5 Å². The van der Waals surface area contributed by atoms with Crippen molar-refractivity contribution in [3.63, 3.8) is 0 Å². The minimum Gasteiger partial charge on any atom is -0.314 e. The molecule has 1 saturated heterocycles. The van der Waals surface area contributed by atoms with Gasteiger partial charge in [0, 0.05) is 17.5 Å². The van der Waals surface area contributed by atoms with Crippen molar-refractivity contribution >= 4 is 10.7 Å². The van der Waals surface area contributed by atoms with E-state index in [0.717, 1.165) is 19.0 Å². The van der Waals surface area contributed by atoms with Gasteiger partial charge in [0.15, 0.2) is 0 Å². The second kappa shape index (κ2) is 5.75. The predicted octanol–water partition coefficient (Wildman–Crippen LogP) is 1.76. The van der Waals surface area contributed by atoms with Gasteiger partial charge in [0.05, 0.1) is 0 Å². The zero-order valence-electron chi connectivity index (χ0n) is 9.83. The molecule has 1 unspecified atom stereocenters. The summed E-state index contributed by atoms with van der Waals surface area (Å²) in [4.78, 5) is 1.22. The highest BCUT2D eigenvalue weighted by Gasteiger charge is 2.21. The summed E-state index contributed by atoms with van der Waals surface area (Å²) in [7, 11) is -0.371. The van der Waals surface area contributed by atoms with Gasteiger partial charge in [-0.1, -0.05) is 23.7 Å². The van der Waals surface area contributed by atoms with E-state index < -0.39 is 0 Å². The van der Waals surface area contributed by atoms with Crippen molar-refractivity contribution in [3.8, 4) is 0 Å². The van der Waals surface area contributed by atoms with Gasteiger partial charge in [-0.15, -0.1) is 0 Å². The number of hydrogen-bond acceptors (Lipinski definition) is 3. The quantitative estimate of drug-likeness (QED) is 0.640.